The highest BCUT2D eigenvalue weighted by molar-refractivity contribution is 7.13. The number of aromatic nitrogens is 1. The maximum absolute atomic E-state index is 12.2. The summed E-state index contributed by atoms with van der Waals surface area (Å²) in [5, 5.41) is 14.8. The molecule has 0 radical (unpaired) electrons. The summed E-state index contributed by atoms with van der Waals surface area (Å²) in [5.74, 6) is 0.362. The van der Waals surface area contributed by atoms with Crippen LogP contribution in [0, 0.1) is 12.3 Å². The fourth-order valence-corrected chi connectivity index (χ4v) is 3.55. The Labute approximate surface area is 149 Å². The van der Waals surface area contributed by atoms with Gasteiger partial charge in [-0.2, -0.15) is 0 Å². The molecule has 7 nitrogen and oxygen atoms in total. The van der Waals surface area contributed by atoms with Crippen LogP contribution in [-0.2, 0) is 20.7 Å². The average Bonchev–Trinajstić information content (AvgIpc) is 3.22. The van der Waals surface area contributed by atoms with E-state index in [9.17, 15) is 14.7 Å². The Bertz CT molecular complexity index is 761. The molecule has 1 fully saturated rings. The summed E-state index contributed by atoms with van der Waals surface area (Å²) in [7, 11) is 0. The molecule has 0 atom stereocenters. The number of thiazole rings is 1. The van der Waals surface area contributed by atoms with Gasteiger partial charge in [0.05, 0.1) is 17.5 Å². The summed E-state index contributed by atoms with van der Waals surface area (Å²) in [6.45, 7) is 2.78. The highest BCUT2D eigenvalue weighted by Crippen LogP contribution is 2.30. The fourth-order valence-electron chi connectivity index (χ4n) is 2.77. The van der Waals surface area contributed by atoms with E-state index in [4.69, 9.17) is 9.15 Å². The van der Waals surface area contributed by atoms with Crippen molar-refractivity contribution < 1.29 is 23.8 Å². The third kappa shape index (κ3) is 4.08. The molecule has 3 heterocycles. The second-order valence-electron chi connectivity index (χ2n) is 6.21. The number of nitrogens with zero attached hydrogens (tertiary/aromatic N) is 1. The van der Waals surface area contributed by atoms with Crippen molar-refractivity contribution in [1.29, 1.82) is 0 Å². The van der Waals surface area contributed by atoms with Crippen LogP contribution in [0.3, 0.4) is 0 Å². The Hall–Kier alpha value is -2.19. The number of nitrogens with one attached hydrogen (secondary N) is 1. The van der Waals surface area contributed by atoms with Gasteiger partial charge in [0, 0.05) is 25.1 Å². The first-order valence-electron chi connectivity index (χ1n) is 8.08. The van der Waals surface area contributed by atoms with Gasteiger partial charge in [-0.15, -0.1) is 11.3 Å². The lowest BCUT2D eigenvalue weighted by Crippen LogP contribution is -2.46. The molecule has 1 amide bonds. The van der Waals surface area contributed by atoms with Crippen LogP contribution < -0.4 is 5.32 Å². The maximum Gasteiger partial charge on any atom is 0.311 e. The van der Waals surface area contributed by atoms with Crippen molar-refractivity contribution in [2.75, 3.05) is 19.8 Å². The number of aliphatic carboxylic acids is 1. The number of carbonyl (C=O) groups is 2. The fraction of sp³-hybridized carbons (Fsp3) is 0.471. The quantitative estimate of drug-likeness (QED) is 0.815. The van der Waals surface area contributed by atoms with Gasteiger partial charge in [0.1, 0.15) is 5.76 Å². The van der Waals surface area contributed by atoms with Gasteiger partial charge in [-0.25, -0.2) is 4.98 Å². The minimum Gasteiger partial charge on any atom is -0.481 e. The highest BCUT2D eigenvalue weighted by Gasteiger charge is 2.40. The van der Waals surface area contributed by atoms with Crippen molar-refractivity contribution in [1.82, 2.24) is 10.3 Å². The summed E-state index contributed by atoms with van der Waals surface area (Å²) < 4.78 is 10.8. The Kier molecular flexibility index (Phi) is 5.19. The molecule has 0 bridgehead atoms. The van der Waals surface area contributed by atoms with E-state index < -0.39 is 11.4 Å². The van der Waals surface area contributed by atoms with Gasteiger partial charge in [0.15, 0.2) is 10.8 Å². The largest absolute Gasteiger partial charge is 0.481 e. The molecule has 2 N–H and O–H groups in total. The summed E-state index contributed by atoms with van der Waals surface area (Å²) >= 11 is 1.41. The molecule has 0 unspecified atom stereocenters. The number of carboxylic acid groups (broad SMARTS) is 1. The van der Waals surface area contributed by atoms with E-state index in [0.29, 0.717) is 37.5 Å². The van der Waals surface area contributed by atoms with E-state index in [0.717, 1.165) is 10.8 Å². The summed E-state index contributed by atoms with van der Waals surface area (Å²) in [5.41, 5.74) is -0.296. The number of ether oxygens (including phenoxy) is 1. The van der Waals surface area contributed by atoms with Crippen molar-refractivity contribution in [3.63, 3.8) is 0 Å². The highest BCUT2D eigenvalue weighted by atomic mass is 32.1. The van der Waals surface area contributed by atoms with Crippen LogP contribution in [0.15, 0.2) is 21.9 Å². The van der Waals surface area contributed by atoms with Gasteiger partial charge >= 0.3 is 5.97 Å². The molecule has 0 spiro atoms. The normalized spacial score (nSPS) is 16.5. The summed E-state index contributed by atoms with van der Waals surface area (Å²) in [6.07, 6.45) is 0.922. The van der Waals surface area contributed by atoms with E-state index in [1.165, 1.54) is 11.3 Å². The lowest BCUT2D eigenvalue weighted by Gasteiger charge is -2.33. The average molecular weight is 364 g/mol. The predicted octanol–water partition coefficient (Wildman–Crippen LogP) is 2.25. The molecule has 2 aromatic rings. The van der Waals surface area contributed by atoms with Crippen LogP contribution in [0.4, 0.5) is 0 Å². The molecule has 134 valence electrons. The number of aryl methyl sites for hydroxylation is 1. The molecule has 1 aliphatic heterocycles. The molecule has 25 heavy (non-hydrogen) atoms. The lowest BCUT2D eigenvalue weighted by atomic mass is 9.80. The predicted molar refractivity (Wildman–Crippen MR) is 91.4 cm³/mol. The van der Waals surface area contributed by atoms with E-state index in [2.05, 4.69) is 10.3 Å². The zero-order chi connectivity index (χ0) is 17.9. The number of carbonyl (C=O) groups excluding carboxylic acids is 1. The number of hydrogen-bond donors (Lipinski definition) is 2. The smallest absolute Gasteiger partial charge is 0.311 e. The Morgan fingerprint density at radius 1 is 1.36 bits per heavy atom. The van der Waals surface area contributed by atoms with E-state index in [1.807, 2.05) is 24.4 Å². The molecule has 1 saturated heterocycles. The minimum absolute atomic E-state index is 0.110. The van der Waals surface area contributed by atoms with Crippen LogP contribution in [-0.4, -0.2) is 41.7 Å². The second-order valence-corrected chi connectivity index (χ2v) is 7.06. The summed E-state index contributed by atoms with van der Waals surface area (Å²) in [6, 6.07) is 3.71. The van der Waals surface area contributed by atoms with Crippen LogP contribution >= 0.6 is 11.3 Å². The first-order valence-corrected chi connectivity index (χ1v) is 8.95. The van der Waals surface area contributed by atoms with Crippen molar-refractivity contribution in [2.45, 2.75) is 26.2 Å². The van der Waals surface area contributed by atoms with Gasteiger partial charge in [0.25, 0.3) is 0 Å². The van der Waals surface area contributed by atoms with Gasteiger partial charge in [-0.3, -0.25) is 9.59 Å². The van der Waals surface area contributed by atoms with Crippen LogP contribution in [0.5, 0.6) is 0 Å². The number of carboxylic acids is 1. The number of amides is 1. The third-order valence-corrected chi connectivity index (χ3v) is 5.28. The van der Waals surface area contributed by atoms with Crippen LogP contribution in [0.1, 0.15) is 24.3 Å². The van der Waals surface area contributed by atoms with E-state index >= 15 is 0 Å². The molecule has 3 rings (SSSR count). The van der Waals surface area contributed by atoms with Gasteiger partial charge in [-0.1, -0.05) is 0 Å². The molecule has 0 aliphatic carbocycles. The molecule has 2 aromatic heterocycles. The van der Waals surface area contributed by atoms with Gasteiger partial charge in [0.2, 0.25) is 5.91 Å². The van der Waals surface area contributed by atoms with Crippen LogP contribution in [0.25, 0.3) is 10.8 Å². The first kappa shape index (κ1) is 17.6. The Morgan fingerprint density at radius 2 is 2.12 bits per heavy atom. The first-order chi connectivity index (χ1) is 12.0. The maximum atomic E-state index is 12.2. The van der Waals surface area contributed by atoms with Gasteiger partial charge in [-0.05, 0) is 31.9 Å². The second kappa shape index (κ2) is 7.37. The molecule has 0 aromatic carbocycles. The summed E-state index contributed by atoms with van der Waals surface area (Å²) in [4.78, 5) is 28.2. The van der Waals surface area contributed by atoms with Gasteiger partial charge < -0.3 is 19.6 Å². The standard InChI is InChI=1S/C17H20N2O5S/c1-11-2-3-13(24-11)15-19-12(9-25-15)8-14(20)18-10-17(16(21)22)4-6-23-7-5-17/h2-3,9H,4-8,10H2,1H3,(H,18,20)(H,21,22). The molecule has 8 heteroatoms. The van der Waals surface area contributed by atoms with E-state index in [-0.39, 0.29) is 18.9 Å². The Morgan fingerprint density at radius 3 is 2.76 bits per heavy atom. The minimum atomic E-state index is -0.938. The zero-order valence-corrected chi connectivity index (χ0v) is 14.7. The SMILES string of the molecule is Cc1ccc(-c2nc(CC(=O)NCC3(C(=O)O)CCOCC3)cs2)o1. The molecular formula is C17H20N2O5S. The van der Waals surface area contributed by atoms with Crippen molar-refractivity contribution in [3.05, 3.63) is 29.0 Å². The third-order valence-electron chi connectivity index (χ3n) is 4.37. The monoisotopic (exact) mass is 364 g/mol. The zero-order valence-electron chi connectivity index (χ0n) is 13.9. The molecule has 0 saturated carbocycles. The van der Waals surface area contributed by atoms with Crippen molar-refractivity contribution in [3.8, 4) is 10.8 Å². The topological polar surface area (TPSA) is 102 Å². The van der Waals surface area contributed by atoms with Crippen molar-refractivity contribution in [2.24, 2.45) is 5.41 Å². The Balaban J connectivity index is 1.57. The number of furan rings is 1. The lowest BCUT2D eigenvalue weighted by molar-refractivity contribution is -0.154. The van der Waals surface area contributed by atoms with Crippen LogP contribution in [0.2, 0.25) is 0 Å². The number of hydrogen-bond acceptors (Lipinski definition) is 6. The number of rotatable bonds is 6. The molecule has 1 aliphatic rings. The van der Waals surface area contributed by atoms with Crippen molar-refractivity contribution >= 4 is 23.2 Å². The van der Waals surface area contributed by atoms with E-state index in [1.54, 1.807) is 0 Å². The molecular weight excluding hydrogens is 344 g/mol.